The van der Waals surface area contributed by atoms with Gasteiger partial charge < -0.3 is 9.80 Å². The zero-order valence-corrected chi connectivity index (χ0v) is 14.8. The molecule has 0 radical (unpaired) electrons. The van der Waals surface area contributed by atoms with E-state index in [9.17, 15) is 9.59 Å². The first kappa shape index (κ1) is 16.0. The molecule has 0 spiro atoms. The van der Waals surface area contributed by atoms with Crippen molar-refractivity contribution in [2.45, 2.75) is 38.1 Å². The number of hydrogen-bond donors (Lipinski definition) is 0. The van der Waals surface area contributed by atoms with Crippen LogP contribution in [0, 0.1) is 0 Å². The minimum absolute atomic E-state index is 0.0657. The van der Waals surface area contributed by atoms with Crippen molar-refractivity contribution in [3.05, 3.63) is 34.9 Å². The van der Waals surface area contributed by atoms with E-state index >= 15 is 0 Å². The minimum atomic E-state index is -0.252. The molecule has 2 fully saturated rings. The number of hydrogen-bond acceptors (Lipinski definition) is 3. The van der Waals surface area contributed by atoms with Gasteiger partial charge in [0.25, 0.3) is 5.91 Å². The van der Waals surface area contributed by atoms with E-state index in [1.54, 1.807) is 0 Å². The molecular weight excluding hydrogens is 320 g/mol. The highest BCUT2D eigenvalue weighted by Gasteiger charge is 2.38. The maximum atomic E-state index is 13.2. The van der Waals surface area contributed by atoms with Gasteiger partial charge in [-0.2, -0.15) is 11.8 Å². The second kappa shape index (κ2) is 6.79. The number of aryl methyl sites for hydroxylation is 1. The number of thioether (sulfide) groups is 1. The Morgan fingerprint density at radius 1 is 1.04 bits per heavy atom. The van der Waals surface area contributed by atoms with Crippen molar-refractivity contribution in [3.63, 3.8) is 0 Å². The summed E-state index contributed by atoms with van der Waals surface area (Å²) in [6.45, 7) is 2.35. The summed E-state index contributed by atoms with van der Waals surface area (Å²) >= 11 is 1.90. The standard InChI is InChI=1S/C19H24N2O2S/c22-18(16-7-2-5-14-4-1-6-15(14)16)21-9-3-8-17(21)19(23)20-10-12-24-13-11-20/h2,5,7,17H,1,3-4,6,8-13H2/t17-/m0/s1. The van der Waals surface area contributed by atoms with E-state index in [0.717, 1.165) is 62.3 Å². The first-order valence-electron chi connectivity index (χ1n) is 9.04. The smallest absolute Gasteiger partial charge is 0.254 e. The Morgan fingerprint density at radius 2 is 1.88 bits per heavy atom. The first-order chi connectivity index (χ1) is 11.8. The number of likely N-dealkylation sites (tertiary alicyclic amines) is 1. The molecule has 0 unspecified atom stereocenters. The highest BCUT2D eigenvalue weighted by molar-refractivity contribution is 7.99. The lowest BCUT2D eigenvalue weighted by Crippen LogP contribution is -2.50. The van der Waals surface area contributed by atoms with Crippen LogP contribution in [0.1, 0.15) is 40.7 Å². The van der Waals surface area contributed by atoms with Crippen molar-refractivity contribution in [2.75, 3.05) is 31.1 Å². The van der Waals surface area contributed by atoms with Crippen molar-refractivity contribution in [2.24, 2.45) is 0 Å². The van der Waals surface area contributed by atoms with Gasteiger partial charge in [-0.15, -0.1) is 0 Å². The van der Waals surface area contributed by atoms with Gasteiger partial charge in [0.2, 0.25) is 5.91 Å². The number of nitrogens with zero attached hydrogens (tertiary/aromatic N) is 2. The second-order valence-corrected chi connectivity index (χ2v) is 8.12. The Bertz CT molecular complexity index is 655. The second-order valence-electron chi connectivity index (χ2n) is 6.89. The summed E-state index contributed by atoms with van der Waals surface area (Å²) < 4.78 is 0. The van der Waals surface area contributed by atoms with Crippen molar-refractivity contribution in [3.8, 4) is 0 Å². The van der Waals surface area contributed by atoms with E-state index in [1.807, 2.05) is 33.7 Å². The van der Waals surface area contributed by atoms with Crippen LogP contribution in [0.4, 0.5) is 0 Å². The molecule has 128 valence electrons. The maximum absolute atomic E-state index is 13.2. The van der Waals surface area contributed by atoms with Crippen LogP contribution in [-0.2, 0) is 17.6 Å². The van der Waals surface area contributed by atoms with Crippen molar-refractivity contribution in [1.29, 1.82) is 0 Å². The van der Waals surface area contributed by atoms with Crippen LogP contribution in [0.15, 0.2) is 18.2 Å². The number of fused-ring (bicyclic) bond motifs is 1. The number of carbonyl (C=O) groups is 2. The molecule has 4 nitrogen and oxygen atoms in total. The molecule has 0 saturated carbocycles. The van der Waals surface area contributed by atoms with Crippen LogP contribution in [-0.4, -0.2) is 58.8 Å². The quantitative estimate of drug-likeness (QED) is 0.827. The summed E-state index contributed by atoms with van der Waals surface area (Å²) in [4.78, 5) is 29.9. The molecule has 24 heavy (non-hydrogen) atoms. The van der Waals surface area contributed by atoms with Gasteiger partial charge in [0.15, 0.2) is 0 Å². The van der Waals surface area contributed by atoms with Gasteiger partial charge in [-0.1, -0.05) is 12.1 Å². The van der Waals surface area contributed by atoms with E-state index < -0.39 is 0 Å². The fourth-order valence-corrected chi connectivity index (χ4v) is 5.14. The lowest BCUT2D eigenvalue weighted by Gasteiger charge is -2.32. The molecule has 0 N–H and O–H groups in total. The van der Waals surface area contributed by atoms with Gasteiger partial charge in [0.05, 0.1) is 0 Å². The third-order valence-corrected chi connectivity index (χ3v) is 6.44. The van der Waals surface area contributed by atoms with Gasteiger partial charge in [-0.05, 0) is 49.3 Å². The van der Waals surface area contributed by atoms with Gasteiger partial charge in [-0.25, -0.2) is 0 Å². The molecule has 2 amide bonds. The third kappa shape index (κ3) is 2.83. The molecule has 2 saturated heterocycles. The number of benzene rings is 1. The monoisotopic (exact) mass is 344 g/mol. The summed E-state index contributed by atoms with van der Waals surface area (Å²) in [5.74, 6) is 2.25. The molecule has 4 rings (SSSR count). The van der Waals surface area contributed by atoms with Crippen molar-refractivity contribution in [1.82, 2.24) is 9.80 Å². The molecule has 1 atom stereocenters. The molecule has 0 aromatic heterocycles. The lowest BCUT2D eigenvalue weighted by atomic mass is 10.0. The normalized spacial score (nSPS) is 23.4. The highest BCUT2D eigenvalue weighted by atomic mass is 32.2. The van der Waals surface area contributed by atoms with Gasteiger partial charge >= 0.3 is 0 Å². The Morgan fingerprint density at radius 3 is 2.71 bits per heavy atom. The molecule has 1 aliphatic carbocycles. The topological polar surface area (TPSA) is 40.6 Å². The molecule has 3 aliphatic rings. The van der Waals surface area contributed by atoms with E-state index in [0.29, 0.717) is 6.54 Å². The van der Waals surface area contributed by atoms with Gasteiger partial charge in [0.1, 0.15) is 6.04 Å². The van der Waals surface area contributed by atoms with E-state index in [2.05, 4.69) is 6.07 Å². The number of rotatable bonds is 2. The highest BCUT2D eigenvalue weighted by Crippen LogP contribution is 2.29. The summed E-state index contributed by atoms with van der Waals surface area (Å²) in [5, 5.41) is 0. The van der Waals surface area contributed by atoms with E-state index in [-0.39, 0.29) is 17.9 Å². The largest absolute Gasteiger partial charge is 0.339 e. The van der Waals surface area contributed by atoms with Crippen LogP contribution >= 0.6 is 11.8 Å². The van der Waals surface area contributed by atoms with Crippen LogP contribution in [0.3, 0.4) is 0 Å². The van der Waals surface area contributed by atoms with Gasteiger partial charge in [-0.3, -0.25) is 9.59 Å². The fourth-order valence-electron chi connectivity index (χ4n) is 4.24. The van der Waals surface area contributed by atoms with E-state index in [4.69, 9.17) is 0 Å². The Hall–Kier alpha value is -1.49. The zero-order chi connectivity index (χ0) is 16.5. The summed E-state index contributed by atoms with van der Waals surface area (Å²) in [7, 11) is 0. The Labute approximate surface area is 147 Å². The molecule has 1 aromatic rings. The average Bonchev–Trinajstić information content (AvgIpc) is 3.30. The van der Waals surface area contributed by atoms with Gasteiger partial charge in [0, 0.05) is 36.7 Å². The molecule has 0 bridgehead atoms. The van der Waals surface area contributed by atoms with Crippen LogP contribution < -0.4 is 0 Å². The third-order valence-electron chi connectivity index (χ3n) is 5.50. The SMILES string of the molecule is O=C([C@@H]1CCCN1C(=O)c1cccc2c1CCC2)N1CCSCC1. The summed E-state index contributed by atoms with van der Waals surface area (Å²) in [6.07, 6.45) is 4.94. The molecule has 2 heterocycles. The maximum Gasteiger partial charge on any atom is 0.254 e. The molecule has 2 aliphatic heterocycles. The Balaban J connectivity index is 1.55. The van der Waals surface area contributed by atoms with Crippen molar-refractivity contribution >= 4 is 23.6 Å². The summed E-state index contributed by atoms with van der Waals surface area (Å²) in [5.41, 5.74) is 3.37. The van der Waals surface area contributed by atoms with Crippen LogP contribution in [0.25, 0.3) is 0 Å². The van der Waals surface area contributed by atoms with E-state index in [1.165, 1.54) is 11.1 Å². The molecular formula is C19H24N2O2S. The van der Waals surface area contributed by atoms with Crippen LogP contribution in [0.2, 0.25) is 0 Å². The Kier molecular flexibility index (Phi) is 4.53. The number of amides is 2. The zero-order valence-electron chi connectivity index (χ0n) is 14.0. The fraction of sp³-hybridized carbons (Fsp3) is 0.579. The predicted octanol–water partition coefficient (Wildman–Crippen LogP) is 2.36. The van der Waals surface area contributed by atoms with Crippen molar-refractivity contribution < 1.29 is 9.59 Å². The summed E-state index contributed by atoms with van der Waals surface area (Å²) in [6, 6.07) is 5.82. The molecule has 5 heteroatoms. The minimum Gasteiger partial charge on any atom is -0.339 e. The predicted molar refractivity (Wildman–Crippen MR) is 96.4 cm³/mol. The molecule has 1 aromatic carbocycles. The van der Waals surface area contributed by atoms with Crippen LogP contribution in [0.5, 0.6) is 0 Å². The average molecular weight is 344 g/mol. The first-order valence-corrected chi connectivity index (χ1v) is 10.2. The number of carbonyl (C=O) groups excluding carboxylic acids is 2. The lowest BCUT2D eigenvalue weighted by molar-refractivity contribution is -0.134.